The van der Waals surface area contributed by atoms with Gasteiger partial charge in [-0.25, -0.2) is 0 Å². The molecule has 1 unspecified atom stereocenters. The van der Waals surface area contributed by atoms with E-state index in [0.29, 0.717) is 0 Å². The molecule has 90 valence electrons. The predicted octanol–water partition coefficient (Wildman–Crippen LogP) is 4.97. The van der Waals surface area contributed by atoms with Crippen LogP contribution in [0, 0.1) is 0 Å². The van der Waals surface area contributed by atoms with Gasteiger partial charge in [0.15, 0.2) is 0 Å². The first-order valence-electron chi connectivity index (χ1n) is 6.33. The lowest BCUT2D eigenvalue weighted by atomic mass is 10.2. The topological polar surface area (TPSA) is 9.23 Å². The maximum Gasteiger partial charge on any atom is 0.0480 e. The van der Waals surface area contributed by atoms with Gasteiger partial charge >= 0.3 is 0 Å². The van der Waals surface area contributed by atoms with Crippen LogP contribution >= 0.6 is 8.15 Å². The normalized spacial score (nSPS) is 12.7. The van der Waals surface area contributed by atoms with Crippen molar-refractivity contribution in [1.29, 1.82) is 0 Å². The Balaban J connectivity index is 3.31. The molecule has 0 aromatic heterocycles. The Labute approximate surface area is 97.1 Å². The van der Waals surface area contributed by atoms with Crippen LogP contribution in [0.1, 0.15) is 52.4 Å². The molecule has 0 fully saturated rings. The van der Waals surface area contributed by atoms with E-state index in [1.165, 1.54) is 50.8 Å². The van der Waals surface area contributed by atoms with Crippen LogP contribution in [0.2, 0.25) is 0 Å². The molecule has 0 radical (unpaired) electrons. The molecule has 0 saturated carbocycles. The Bertz CT molecular complexity index is 130. The van der Waals surface area contributed by atoms with Crippen molar-refractivity contribution in [3.63, 3.8) is 0 Å². The smallest absolute Gasteiger partial charge is 0.0480 e. The maximum atomic E-state index is 5.76. The molecule has 0 bridgehead atoms. The number of hydrogen-bond acceptors (Lipinski definition) is 1. The van der Waals surface area contributed by atoms with Gasteiger partial charge in [-0.15, -0.1) is 6.58 Å². The van der Waals surface area contributed by atoms with Gasteiger partial charge in [-0.05, 0) is 38.5 Å². The highest BCUT2D eigenvalue weighted by atomic mass is 31.1. The second kappa shape index (κ2) is 12.2. The van der Waals surface area contributed by atoms with E-state index >= 15 is 0 Å². The van der Waals surface area contributed by atoms with Crippen molar-refractivity contribution < 1.29 is 4.52 Å². The molecule has 0 rings (SSSR count). The van der Waals surface area contributed by atoms with E-state index in [1.807, 2.05) is 6.08 Å². The summed E-state index contributed by atoms with van der Waals surface area (Å²) in [7, 11) is -0.106. The summed E-state index contributed by atoms with van der Waals surface area (Å²) in [6.07, 6.45) is 12.4. The molecule has 2 heteroatoms. The van der Waals surface area contributed by atoms with Gasteiger partial charge in [0.05, 0.1) is 0 Å². The second-order valence-electron chi connectivity index (χ2n) is 3.84. The molecule has 15 heavy (non-hydrogen) atoms. The zero-order chi connectivity index (χ0) is 11.4. The molecule has 0 aromatic rings. The fourth-order valence-corrected chi connectivity index (χ4v) is 3.53. The van der Waals surface area contributed by atoms with E-state index < -0.39 is 0 Å². The van der Waals surface area contributed by atoms with Crippen LogP contribution in [-0.2, 0) is 4.52 Å². The van der Waals surface area contributed by atoms with Gasteiger partial charge in [0.2, 0.25) is 0 Å². The van der Waals surface area contributed by atoms with Crippen molar-refractivity contribution in [2.45, 2.75) is 52.4 Å². The third-order valence-electron chi connectivity index (χ3n) is 2.35. The first-order chi connectivity index (χ1) is 7.35. The second-order valence-corrected chi connectivity index (χ2v) is 5.95. The van der Waals surface area contributed by atoms with E-state index in [2.05, 4.69) is 20.4 Å². The zero-order valence-electron chi connectivity index (χ0n) is 10.5. The third kappa shape index (κ3) is 10.4. The van der Waals surface area contributed by atoms with Crippen molar-refractivity contribution in [3.05, 3.63) is 12.7 Å². The Kier molecular flexibility index (Phi) is 12.3. The van der Waals surface area contributed by atoms with E-state index in [1.54, 1.807) is 0 Å². The van der Waals surface area contributed by atoms with Crippen LogP contribution in [0.3, 0.4) is 0 Å². The molecular formula is C13H27OP. The molecule has 1 atom stereocenters. The molecule has 0 spiro atoms. The Morgan fingerprint density at radius 2 is 1.80 bits per heavy atom. The van der Waals surface area contributed by atoms with Gasteiger partial charge in [-0.2, -0.15) is 0 Å². The molecule has 0 aromatic carbocycles. The average Bonchev–Trinajstić information content (AvgIpc) is 2.24. The Hall–Kier alpha value is 0.130. The summed E-state index contributed by atoms with van der Waals surface area (Å²) < 4.78 is 5.76. The number of unbranched alkanes of at least 4 members (excludes halogenated alkanes) is 4. The zero-order valence-corrected chi connectivity index (χ0v) is 11.4. The molecule has 0 N–H and O–H groups in total. The highest BCUT2D eigenvalue weighted by molar-refractivity contribution is 7.52. The summed E-state index contributed by atoms with van der Waals surface area (Å²) in [6.45, 7) is 8.98. The number of rotatable bonds is 11. The van der Waals surface area contributed by atoms with Gasteiger partial charge in [0.1, 0.15) is 0 Å². The molecule has 0 aliphatic rings. The van der Waals surface area contributed by atoms with E-state index in [-0.39, 0.29) is 8.15 Å². The molecule has 0 heterocycles. The molecule has 0 aliphatic carbocycles. The summed E-state index contributed by atoms with van der Waals surface area (Å²) in [5.41, 5.74) is 0. The van der Waals surface area contributed by atoms with E-state index in [9.17, 15) is 0 Å². The summed E-state index contributed by atoms with van der Waals surface area (Å²) >= 11 is 0. The standard InChI is InChI=1S/C13H27OP/c1-4-7-8-9-10-11-13-15(12-5-2)14-6-3/h4H,1,5-13H2,2-3H3. The van der Waals surface area contributed by atoms with E-state index in [4.69, 9.17) is 4.52 Å². The van der Waals surface area contributed by atoms with E-state index in [0.717, 1.165) is 6.61 Å². The lowest BCUT2D eigenvalue weighted by Crippen LogP contribution is -1.94. The van der Waals surface area contributed by atoms with Crippen molar-refractivity contribution >= 4 is 8.15 Å². The fraction of sp³-hybridized carbons (Fsp3) is 0.846. The highest BCUT2D eigenvalue weighted by Gasteiger charge is 2.05. The predicted molar refractivity (Wildman–Crippen MR) is 71.9 cm³/mol. The van der Waals surface area contributed by atoms with Crippen LogP contribution < -0.4 is 0 Å². The first-order valence-corrected chi connectivity index (χ1v) is 7.96. The SMILES string of the molecule is C=CCCCCCCP(CCC)OCC. The van der Waals surface area contributed by atoms with Gasteiger partial charge in [-0.1, -0.05) is 32.3 Å². The lowest BCUT2D eigenvalue weighted by Gasteiger charge is -2.15. The first kappa shape index (κ1) is 15.1. The molecule has 0 amide bonds. The minimum Gasteiger partial charge on any atom is -0.360 e. The Morgan fingerprint density at radius 1 is 1.07 bits per heavy atom. The van der Waals surface area contributed by atoms with Gasteiger partial charge in [0, 0.05) is 14.8 Å². The van der Waals surface area contributed by atoms with Crippen molar-refractivity contribution in [3.8, 4) is 0 Å². The summed E-state index contributed by atoms with van der Waals surface area (Å²) in [4.78, 5) is 0. The monoisotopic (exact) mass is 230 g/mol. The van der Waals surface area contributed by atoms with Crippen LogP contribution in [0.15, 0.2) is 12.7 Å². The number of allylic oxidation sites excluding steroid dienone is 1. The minimum absolute atomic E-state index is 0.106. The highest BCUT2D eigenvalue weighted by Crippen LogP contribution is 2.38. The van der Waals surface area contributed by atoms with Gasteiger partial charge < -0.3 is 4.52 Å². The summed E-state index contributed by atoms with van der Waals surface area (Å²) in [5, 5.41) is 0. The van der Waals surface area contributed by atoms with Crippen molar-refractivity contribution in [2.75, 3.05) is 18.9 Å². The van der Waals surface area contributed by atoms with Crippen LogP contribution in [0.5, 0.6) is 0 Å². The molecular weight excluding hydrogens is 203 g/mol. The van der Waals surface area contributed by atoms with Crippen LogP contribution in [-0.4, -0.2) is 18.9 Å². The number of hydrogen-bond donors (Lipinski definition) is 0. The maximum absolute atomic E-state index is 5.76. The quantitative estimate of drug-likeness (QED) is 0.277. The van der Waals surface area contributed by atoms with Crippen LogP contribution in [0.25, 0.3) is 0 Å². The lowest BCUT2D eigenvalue weighted by molar-refractivity contribution is 0.376. The molecule has 0 aliphatic heterocycles. The van der Waals surface area contributed by atoms with Crippen molar-refractivity contribution in [1.82, 2.24) is 0 Å². The molecule has 1 nitrogen and oxygen atoms in total. The summed E-state index contributed by atoms with van der Waals surface area (Å²) in [6, 6.07) is 0. The van der Waals surface area contributed by atoms with Gasteiger partial charge in [0.25, 0.3) is 0 Å². The Morgan fingerprint density at radius 3 is 2.40 bits per heavy atom. The fourth-order valence-electron chi connectivity index (χ4n) is 1.60. The van der Waals surface area contributed by atoms with Gasteiger partial charge in [-0.3, -0.25) is 0 Å². The molecule has 0 saturated heterocycles. The largest absolute Gasteiger partial charge is 0.360 e. The van der Waals surface area contributed by atoms with Crippen LogP contribution in [0.4, 0.5) is 0 Å². The summed E-state index contributed by atoms with van der Waals surface area (Å²) in [5.74, 6) is 0. The van der Waals surface area contributed by atoms with Crippen molar-refractivity contribution in [2.24, 2.45) is 0 Å². The third-order valence-corrected chi connectivity index (χ3v) is 4.73. The minimum atomic E-state index is -0.106. The average molecular weight is 230 g/mol.